The van der Waals surface area contributed by atoms with Crippen molar-refractivity contribution in [2.24, 2.45) is 11.8 Å². The van der Waals surface area contributed by atoms with Crippen molar-refractivity contribution in [1.82, 2.24) is 10.2 Å². The number of piperidine rings is 1. The molecular formula is C24H32N2O3S. The lowest BCUT2D eigenvalue weighted by molar-refractivity contribution is 0.0950. The Morgan fingerprint density at radius 2 is 1.70 bits per heavy atom. The van der Waals surface area contributed by atoms with Crippen molar-refractivity contribution in [3.63, 3.8) is 0 Å². The highest BCUT2D eigenvalue weighted by molar-refractivity contribution is 7.89. The summed E-state index contributed by atoms with van der Waals surface area (Å²) in [5.74, 6) is 1.16. The quantitative estimate of drug-likeness (QED) is 0.731. The Bertz CT molecular complexity index is 977. The molecule has 1 saturated heterocycles. The van der Waals surface area contributed by atoms with Gasteiger partial charge < -0.3 is 5.32 Å². The van der Waals surface area contributed by atoms with E-state index >= 15 is 0 Å². The number of sulfone groups is 1. The van der Waals surface area contributed by atoms with Crippen molar-refractivity contribution in [3.8, 4) is 0 Å². The van der Waals surface area contributed by atoms with Crippen LogP contribution < -0.4 is 5.32 Å². The zero-order valence-corrected chi connectivity index (χ0v) is 18.9. The summed E-state index contributed by atoms with van der Waals surface area (Å²) in [6, 6.07) is 15.1. The Hall–Kier alpha value is -2.18. The molecule has 1 fully saturated rings. The van der Waals surface area contributed by atoms with E-state index in [0.717, 1.165) is 25.2 Å². The predicted molar refractivity (Wildman–Crippen MR) is 121 cm³/mol. The van der Waals surface area contributed by atoms with Crippen LogP contribution in [-0.2, 0) is 28.7 Å². The zero-order chi connectivity index (χ0) is 21.7. The van der Waals surface area contributed by atoms with Crippen LogP contribution in [0.2, 0.25) is 0 Å². The van der Waals surface area contributed by atoms with Crippen LogP contribution in [-0.4, -0.2) is 38.6 Å². The molecule has 1 N–H and O–H groups in total. The van der Waals surface area contributed by atoms with Gasteiger partial charge in [0.2, 0.25) is 0 Å². The molecule has 1 heterocycles. The molecule has 2 aromatic carbocycles. The van der Waals surface area contributed by atoms with E-state index < -0.39 is 9.84 Å². The molecule has 0 unspecified atom stereocenters. The third-order valence-electron chi connectivity index (χ3n) is 5.51. The first kappa shape index (κ1) is 22.5. The van der Waals surface area contributed by atoms with Gasteiger partial charge in [-0.15, -0.1) is 0 Å². The van der Waals surface area contributed by atoms with Crippen molar-refractivity contribution in [2.75, 3.05) is 19.3 Å². The van der Waals surface area contributed by atoms with Crippen molar-refractivity contribution in [3.05, 3.63) is 70.8 Å². The fourth-order valence-electron chi connectivity index (χ4n) is 4.43. The van der Waals surface area contributed by atoms with Crippen LogP contribution in [0.15, 0.2) is 48.5 Å². The summed E-state index contributed by atoms with van der Waals surface area (Å²) in [7, 11) is -3.14. The van der Waals surface area contributed by atoms with Crippen molar-refractivity contribution in [2.45, 2.75) is 39.1 Å². The average Bonchev–Trinajstić information content (AvgIpc) is 2.65. The lowest BCUT2D eigenvalue weighted by atomic mass is 9.91. The van der Waals surface area contributed by atoms with Crippen molar-refractivity contribution < 1.29 is 13.2 Å². The van der Waals surface area contributed by atoms with Gasteiger partial charge in [0.1, 0.15) is 0 Å². The molecule has 2 atom stereocenters. The third kappa shape index (κ3) is 6.67. The van der Waals surface area contributed by atoms with Gasteiger partial charge in [-0.1, -0.05) is 50.2 Å². The summed E-state index contributed by atoms with van der Waals surface area (Å²) in [6.07, 6.45) is 2.48. The number of hydrogen-bond acceptors (Lipinski definition) is 4. The van der Waals surface area contributed by atoms with E-state index in [4.69, 9.17) is 0 Å². The van der Waals surface area contributed by atoms with Crippen molar-refractivity contribution in [1.29, 1.82) is 0 Å². The Balaban J connectivity index is 1.65. The number of hydrogen-bond donors (Lipinski definition) is 1. The minimum absolute atomic E-state index is 0.0658. The number of amides is 1. The van der Waals surface area contributed by atoms with Crippen LogP contribution in [0.1, 0.15) is 47.3 Å². The first-order chi connectivity index (χ1) is 14.2. The van der Waals surface area contributed by atoms with Gasteiger partial charge in [-0.05, 0) is 47.1 Å². The van der Waals surface area contributed by atoms with Gasteiger partial charge in [-0.2, -0.15) is 0 Å². The van der Waals surface area contributed by atoms with E-state index in [1.165, 1.54) is 18.2 Å². The Labute approximate surface area is 180 Å². The standard InChI is InChI=1S/C24H32N2O3S/c1-18-11-19(2)15-26(14-18)16-23-9-5-4-8-22(23)13-25-24(27)21-10-6-7-20(12-21)17-30(3,28)29/h4-10,12,18-19H,11,13-17H2,1-3H3,(H,25,27)/t18-,19-/m0/s1. The highest BCUT2D eigenvalue weighted by atomic mass is 32.2. The van der Waals surface area contributed by atoms with E-state index in [2.05, 4.69) is 36.2 Å². The smallest absolute Gasteiger partial charge is 0.251 e. The highest BCUT2D eigenvalue weighted by Gasteiger charge is 2.22. The van der Waals surface area contributed by atoms with Crippen LogP contribution in [0.3, 0.4) is 0 Å². The van der Waals surface area contributed by atoms with Crippen LogP contribution in [0.25, 0.3) is 0 Å². The molecular weight excluding hydrogens is 396 g/mol. The van der Waals surface area contributed by atoms with E-state index in [-0.39, 0.29) is 11.7 Å². The first-order valence-corrected chi connectivity index (χ1v) is 12.6. The maximum Gasteiger partial charge on any atom is 0.251 e. The second kappa shape index (κ2) is 9.75. The normalized spacial score (nSPS) is 20.1. The second-order valence-corrected chi connectivity index (χ2v) is 11.0. The van der Waals surface area contributed by atoms with Crippen LogP contribution in [0.5, 0.6) is 0 Å². The molecule has 30 heavy (non-hydrogen) atoms. The topological polar surface area (TPSA) is 66.5 Å². The molecule has 0 saturated carbocycles. The fourth-order valence-corrected chi connectivity index (χ4v) is 5.21. The monoisotopic (exact) mass is 428 g/mol. The van der Waals surface area contributed by atoms with Crippen molar-refractivity contribution >= 4 is 15.7 Å². The Morgan fingerprint density at radius 3 is 2.37 bits per heavy atom. The maximum absolute atomic E-state index is 12.7. The molecule has 0 spiro atoms. The van der Waals surface area contributed by atoms with Crippen LogP contribution in [0, 0.1) is 11.8 Å². The Kier molecular flexibility index (Phi) is 7.32. The number of rotatable bonds is 7. The number of carbonyl (C=O) groups excluding carboxylic acids is 1. The minimum atomic E-state index is -3.14. The largest absolute Gasteiger partial charge is 0.348 e. The fraction of sp³-hybridized carbons (Fsp3) is 0.458. The number of nitrogens with one attached hydrogen (secondary N) is 1. The van der Waals surface area contributed by atoms with Gasteiger partial charge in [0.05, 0.1) is 5.75 Å². The minimum Gasteiger partial charge on any atom is -0.348 e. The molecule has 1 aliphatic heterocycles. The predicted octanol–water partition coefficient (Wildman–Crippen LogP) is 3.64. The summed E-state index contributed by atoms with van der Waals surface area (Å²) in [4.78, 5) is 15.2. The molecule has 162 valence electrons. The molecule has 0 aliphatic carbocycles. The lowest BCUT2D eigenvalue weighted by Crippen LogP contribution is -2.38. The summed E-state index contributed by atoms with van der Waals surface area (Å²) in [5.41, 5.74) is 3.46. The van der Waals surface area contributed by atoms with Gasteiger partial charge in [-0.25, -0.2) is 8.42 Å². The van der Waals surface area contributed by atoms with E-state index in [1.54, 1.807) is 24.3 Å². The van der Waals surface area contributed by atoms with Gasteiger partial charge in [0, 0.05) is 38.0 Å². The molecule has 1 amide bonds. The van der Waals surface area contributed by atoms with Crippen LogP contribution >= 0.6 is 0 Å². The molecule has 6 heteroatoms. The summed E-state index contributed by atoms with van der Waals surface area (Å²) in [5, 5.41) is 2.99. The van der Waals surface area contributed by atoms with Gasteiger partial charge in [0.25, 0.3) is 5.91 Å². The lowest BCUT2D eigenvalue weighted by Gasteiger charge is -2.35. The molecule has 0 bridgehead atoms. The zero-order valence-electron chi connectivity index (χ0n) is 18.1. The second-order valence-electron chi connectivity index (χ2n) is 8.86. The molecule has 2 aromatic rings. The SMILES string of the molecule is C[C@H]1C[C@H](C)CN(Cc2ccccc2CNC(=O)c2cccc(CS(C)(=O)=O)c2)C1. The molecule has 0 aromatic heterocycles. The molecule has 0 radical (unpaired) electrons. The van der Waals surface area contributed by atoms with Crippen LogP contribution in [0.4, 0.5) is 0 Å². The Morgan fingerprint density at radius 1 is 1.03 bits per heavy atom. The maximum atomic E-state index is 12.7. The van der Waals surface area contributed by atoms with E-state index in [9.17, 15) is 13.2 Å². The number of carbonyl (C=O) groups is 1. The van der Waals surface area contributed by atoms with Gasteiger partial charge >= 0.3 is 0 Å². The number of nitrogens with zero attached hydrogens (tertiary/aromatic N) is 1. The summed E-state index contributed by atoms with van der Waals surface area (Å²) in [6.45, 7) is 8.19. The molecule has 1 aliphatic rings. The molecule has 3 rings (SSSR count). The average molecular weight is 429 g/mol. The molecule has 5 nitrogen and oxygen atoms in total. The van der Waals surface area contributed by atoms with E-state index in [1.807, 2.05) is 12.1 Å². The highest BCUT2D eigenvalue weighted by Crippen LogP contribution is 2.23. The third-order valence-corrected chi connectivity index (χ3v) is 6.37. The number of likely N-dealkylation sites (tertiary alicyclic amines) is 1. The first-order valence-electron chi connectivity index (χ1n) is 10.5. The summed E-state index contributed by atoms with van der Waals surface area (Å²) < 4.78 is 23.1. The van der Waals surface area contributed by atoms with E-state index in [0.29, 0.717) is 29.5 Å². The van der Waals surface area contributed by atoms with Gasteiger partial charge in [0.15, 0.2) is 9.84 Å². The number of benzene rings is 2. The van der Waals surface area contributed by atoms with Gasteiger partial charge in [-0.3, -0.25) is 9.69 Å². The summed E-state index contributed by atoms with van der Waals surface area (Å²) >= 11 is 0.